The second kappa shape index (κ2) is 5.10. The molecule has 0 saturated carbocycles. The van der Waals surface area contributed by atoms with Crippen molar-refractivity contribution >= 4 is 38.5 Å². The fourth-order valence-electron chi connectivity index (χ4n) is 2.38. The Morgan fingerprint density at radius 2 is 1.90 bits per heavy atom. The van der Waals surface area contributed by atoms with Gasteiger partial charge in [-0.1, -0.05) is 29.8 Å². The molecule has 0 radical (unpaired) electrons. The van der Waals surface area contributed by atoms with Crippen LogP contribution in [-0.4, -0.2) is 18.6 Å². The number of carbonyl (C=O) groups is 1. The molecule has 1 amide bonds. The summed E-state index contributed by atoms with van der Waals surface area (Å²) in [7, 11) is -3.75. The molecule has 108 valence electrons. The Morgan fingerprint density at radius 1 is 1.14 bits per heavy atom. The van der Waals surface area contributed by atoms with E-state index < -0.39 is 15.9 Å². The summed E-state index contributed by atoms with van der Waals surface area (Å²) < 4.78 is 26.8. The highest BCUT2D eigenvalue weighted by molar-refractivity contribution is 14.1. The van der Waals surface area contributed by atoms with Gasteiger partial charge in [-0.25, -0.2) is 12.7 Å². The lowest BCUT2D eigenvalue weighted by Gasteiger charge is -2.15. The van der Waals surface area contributed by atoms with Crippen molar-refractivity contribution in [2.75, 3.05) is 0 Å². The van der Waals surface area contributed by atoms with Crippen LogP contribution in [0.15, 0.2) is 47.4 Å². The molecule has 21 heavy (non-hydrogen) atoms. The van der Waals surface area contributed by atoms with E-state index in [2.05, 4.69) is 0 Å². The summed E-state index contributed by atoms with van der Waals surface area (Å²) in [4.78, 5) is 12.5. The summed E-state index contributed by atoms with van der Waals surface area (Å²) in [6.07, 6.45) is 0. The van der Waals surface area contributed by atoms with Gasteiger partial charge in [-0.15, -0.1) is 0 Å². The average Bonchev–Trinajstić information content (AvgIpc) is 2.60. The Kier molecular flexibility index (Phi) is 3.53. The van der Waals surface area contributed by atoms with Crippen molar-refractivity contribution in [3.63, 3.8) is 0 Å². The Hall–Kier alpha value is -1.41. The number of rotatable bonds is 2. The summed E-state index contributed by atoms with van der Waals surface area (Å²) in [5, 5.41) is 0. The van der Waals surface area contributed by atoms with E-state index in [1.807, 2.05) is 53.8 Å². The highest BCUT2D eigenvalue weighted by Crippen LogP contribution is 2.32. The predicted molar refractivity (Wildman–Crippen MR) is 87.4 cm³/mol. The number of fused-ring (bicyclic) bond motifs is 1. The maximum Gasteiger partial charge on any atom is 0.269 e. The molecule has 0 unspecified atom stereocenters. The number of halogens is 1. The van der Waals surface area contributed by atoms with E-state index in [4.69, 9.17) is 0 Å². The number of hydrogen-bond acceptors (Lipinski definition) is 3. The molecule has 0 saturated heterocycles. The SMILES string of the molecule is Cc1cccc(CN2C(=O)c3ccc(I)cc3S2(=O)=O)c1. The van der Waals surface area contributed by atoms with Gasteiger partial charge in [-0.2, -0.15) is 0 Å². The monoisotopic (exact) mass is 413 g/mol. The number of aryl methyl sites for hydroxylation is 1. The van der Waals surface area contributed by atoms with Crippen molar-refractivity contribution in [3.8, 4) is 0 Å². The predicted octanol–water partition coefficient (Wildman–Crippen LogP) is 2.94. The lowest BCUT2D eigenvalue weighted by molar-refractivity contribution is 0.0865. The van der Waals surface area contributed by atoms with Crippen molar-refractivity contribution in [1.82, 2.24) is 4.31 Å². The van der Waals surface area contributed by atoms with Crippen LogP contribution in [0.25, 0.3) is 0 Å². The Labute approximate surface area is 137 Å². The molecule has 0 N–H and O–H groups in total. The van der Waals surface area contributed by atoms with Gasteiger partial charge in [-0.05, 0) is 53.3 Å². The van der Waals surface area contributed by atoms with Crippen molar-refractivity contribution < 1.29 is 13.2 Å². The van der Waals surface area contributed by atoms with Crippen molar-refractivity contribution in [2.24, 2.45) is 0 Å². The average molecular weight is 413 g/mol. The minimum absolute atomic E-state index is 0.0636. The summed E-state index contributed by atoms with van der Waals surface area (Å²) in [6.45, 7) is 2.00. The molecule has 0 atom stereocenters. The minimum atomic E-state index is -3.75. The third-order valence-electron chi connectivity index (χ3n) is 3.38. The van der Waals surface area contributed by atoms with E-state index in [-0.39, 0.29) is 17.0 Å². The summed E-state index contributed by atoms with van der Waals surface area (Å²) in [6, 6.07) is 12.3. The van der Waals surface area contributed by atoms with E-state index in [1.165, 1.54) is 0 Å². The zero-order valence-electron chi connectivity index (χ0n) is 11.2. The van der Waals surface area contributed by atoms with Gasteiger partial charge >= 0.3 is 0 Å². The number of nitrogens with zero attached hydrogens (tertiary/aromatic N) is 1. The lowest BCUT2D eigenvalue weighted by atomic mass is 10.1. The number of sulfonamides is 1. The Balaban J connectivity index is 2.04. The molecule has 1 heterocycles. The van der Waals surface area contributed by atoms with Gasteiger partial charge in [0.1, 0.15) is 4.90 Å². The molecule has 0 spiro atoms. The maximum absolute atomic E-state index is 12.5. The number of benzene rings is 2. The topological polar surface area (TPSA) is 54.5 Å². The standard InChI is InChI=1S/C15H12INO3S/c1-10-3-2-4-11(7-10)9-17-15(18)13-6-5-12(16)8-14(13)21(17,19)20/h2-8H,9H2,1H3. The second-order valence-electron chi connectivity index (χ2n) is 4.95. The smallest absolute Gasteiger partial charge is 0.268 e. The number of amides is 1. The van der Waals surface area contributed by atoms with E-state index in [0.717, 1.165) is 19.0 Å². The molecule has 2 aromatic rings. The van der Waals surface area contributed by atoms with Crippen molar-refractivity contribution in [3.05, 3.63) is 62.7 Å². The van der Waals surface area contributed by atoms with Gasteiger partial charge in [0.05, 0.1) is 12.1 Å². The van der Waals surface area contributed by atoms with Crippen LogP contribution in [0.2, 0.25) is 0 Å². The van der Waals surface area contributed by atoms with Gasteiger partial charge in [0.2, 0.25) is 0 Å². The van der Waals surface area contributed by atoms with E-state index >= 15 is 0 Å². The molecule has 1 aliphatic rings. The van der Waals surface area contributed by atoms with Gasteiger partial charge < -0.3 is 0 Å². The molecule has 6 heteroatoms. The number of hydrogen-bond donors (Lipinski definition) is 0. The first-order valence-corrected chi connectivity index (χ1v) is 8.83. The molecule has 4 nitrogen and oxygen atoms in total. The fraction of sp³-hybridized carbons (Fsp3) is 0.133. The zero-order chi connectivity index (χ0) is 15.2. The molecular formula is C15H12INO3S. The van der Waals surface area contributed by atoms with Crippen molar-refractivity contribution in [1.29, 1.82) is 0 Å². The summed E-state index contributed by atoms with van der Waals surface area (Å²) in [5.74, 6) is -0.456. The van der Waals surface area contributed by atoms with Crippen LogP contribution in [0.4, 0.5) is 0 Å². The molecule has 0 fully saturated rings. The number of carbonyl (C=O) groups excluding carboxylic acids is 1. The van der Waals surface area contributed by atoms with Crippen LogP contribution in [0.3, 0.4) is 0 Å². The molecule has 0 aromatic heterocycles. The first-order chi connectivity index (χ1) is 9.89. The second-order valence-corrected chi connectivity index (χ2v) is 8.02. The third kappa shape index (κ3) is 2.46. The van der Waals surface area contributed by atoms with Crippen LogP contribution in [0.5, 0.6) is 0 Å². The highest BCUT2D eigenvalue weighted by Gasteiger charge is 2.41. The van der Waals surface area contributed by atoms with Crippen LogP contribution < -0.4 is 0 Å². The van der Waals surface area contributed by atoms with Crippen molar-refractivity contribution in [2.45, 2.75) is 18.4 Å². The van der Waals surface area contributed by atoms with E-state index in [1.54, 1.807) is 18.2 Å². The largest absolute Gasteiger partial charge is 0.269 e. The third-order valence-corrected chi connectivity index (χ3v) is 5.82. The van der Waals surface area contributed by atoms with Gasteiger partial charge in [0.15, 0.2) is 0 Å². The molecular weight excluding hydrogens is 401 g/mol. The fourth-order valence-corrected chi connectivity index (χ4v) is 4.67. The van der Waals surface area contributed by atoms with Crippen LogP contribution in [0, 0.1) is 10.5 Å². The van der Waals surface area contributed by atoms with Gasteiger partial charge in [-0.3, -0.25) is 4.79 Å². The lowest BCUT2D eigenvalue weighted by Crippen LogP contribution is -2.29. The maximum atomic E-state index is 12.5. The van der Waals surface area contributed by atoms with Crippen LogP contribution in [-0.2, 0) is 16.6 Å². The normalized spacial score (nSPS) is 16.1. The van der Waals surface area contributed by atoms with Gasteiger partial charge in [0, 0.05) is 3.57 Å². The first-order valence-electron chi connectivity index (χ1n) is 6.32. The molecule has 0 aliphatic carbocycles. The molecule has 2 aromatic carbocycles. The highest BCUT2D eigenvalue weighted by atomic mass is 127. The molecule has 3 rings (SSSR count). The first kappa shape index (κ1) is 14.5. The van der Waals surface area contributed by atoms with Crippen LogP contribution >= 0.6 is 22.6 Å². The minimum Gasteiger partial charge on any atom is -0.268 e. The van der Waals surface area contributed by atoms with E-state index in [9.17, 15) is 13.2 Å². The summed E-state index contributed by atoms with van der Waals surface area (Å²) >= 11 is 2.04. The van der Waals surface area contributed by atoms with E-state index in [0.29, 0.717) is 0 Å². The quantitative estimate of drug-likeness (QED) is 0.712. The molecule has 0 bridgehead atoms. The molecule has 1 aliphatic heterocycles. The Bertz CT molecular complexity index is 846. The zero-order valence-corrected chi connectivity index (χ0v) is 14.2. The van der Waals surface area contributed by atoms with Gasteiger partial charge in [0.25, 0.3) is 15.9 Å². The summed E-state index contributed by atoms with van der Waals surface area (Å²) in [5.41, 5.74) is 2.08. The Morgan fingerprint density at radius 3 is 2.62 bits per heavy atom. The van der Waals surface area contributed by atoms with Crippen LogP contribution in [0.1, 0.15) is 21.5 Å².